The van der Waals surface area contributed by atoms with Crippen LogP contribution in [0, 0.1) is 0 Å². The molecule has 0 bridgehead atoms. The molecule has 42 heavy (non-hydrogen) atoms. The number of hydrogen-bond donors (Lipinski definition) is 2. The average Bonchev–Trinajstić information content (AvgIpc) is 3.49. The number of carbonyl (C=O) groups is 2. The topological polar surface area (TPSA) is 139 Å². The summed E-state index contributed by atoms with van der Waals surface area (Å²) < 4.78 is 21.7. The third-order valence-electron chi connectivity index (χ3n) is 6.55. The van der Waals surface area contributed by atoms with Crippen molar-refractivity contribution in [3.05, 3.63) is 107 Å². The van der Waals surface area contributed by atoms with Gasteiger partial charge < -0.3 is 29.8 Å². The van der Waals surface area contributed by atoms with Crippen LogP contribution < -0.4 is 20.5 Å². The Labute approximate surface area is 245 Å². The van der Waals surface area contributed by atoms with Crippen molar-refractivity contribution < 1.29 is 28.3 Å². The molecular formula is C32H36N4O6. The maximum atomic E-state index is 13.2. The minimum atomic E-state index is -0.861. The van der Waals surface area contributed by atoms with E-state index >= 15 is 0 Å². The molecule has 3 N–H and O–H groups in total. The monoisotopic (exact) mass is 572 g/mol. The van der Waals surface area contributed by atoms with E-state index in [0.29, 0.717) is 44.7 Å². The number of nitrogens with zero attached hydrogens (tertiary/aromatic N) is 2. The third kappa shape index (κ3) is 9.45. The molecule has 4 aromatic rings. The number of unbranched alkanes of at least 4 members (excludes halogenated alkanes) is 1. The molecule has 0 aliphatic carbocycles. The fourth-order valence-electron chi connectivity index (χ4n) is 4.21. The predicted octanol–water partition coefficient (Wildman–Crippen LogP) is 4.90. The van der Waals surface area contributed by atoms with Gasteiger partial charge in [-0.3, -0.25) is 4.79 Å². The molecule has 0 aliphatic rings. The molecule has 0 radical (unpaired) electrons. The van der Waals surface area contributed by atoms with Crippen LogP contribution in [0.25, 0.3) is 0 Å². The molecule has 0 saturated carbocycles. The van der Waals surface area contributed by atoms with Gasteiger partial charge in [-0.05, 0) is 66.8 Å². The SMILES string of the molecule is COc1ccc(CCOc2ccc(Cc3nc(C(=O)C(CCCCN)NC(=O)OCc4ccccc4)no3)cc2)cc1. The number of ether oxygens (including phenoxy) is 3. The van der Waals surface area contributed by atoms with Gasteiger partial charge in [-0.2, -0.15) is 4.98 Å². The van der Waals surface area contributed by atoms with Crippen LogP contribution in [0.2, 0.25) is 0 Å². The van der Waals surface area contributed by atoms with Gasteiger partial charge in [0.15, 0.2) is 0 Å². The van der Waals surface area contributed by atoms with Crippen molar-refractivity contribution in [3.8, 4) is 11.5 Å². The first-order valence-electron chi connectivity index (χ1n) is 13.9. The second-order valence-electron chi connectivity index (χ2n) is 9.69. The Bertz CT molecular complexity index is 1390. The van der Waals surface area contributed by atoms with E-state index in [2.05, 4.69) is 15.5 Å². The molecule has 1 heterocycles. The maximum absolute atomic E-state index is 13.2. The molecule has 0 saturated heterocycles. The lowest BCUT2D eigenvalue weighted by atomic mass is 10.0. The molecular weight excluding hydrogens is 536 g/mol. The maximum Gasteiger partial charge on any atom is 0.408 e. The number of amides is 1. The van der Waals surface area contributed by atoms with Crippen LogP contribution in [0.4, 0.5) is 4.79 Å². The summed E-state index contributed by atoms with van der Waals surface area (Å²) in [4.78, 5) is 29.9. The molecule has 1 unspecified atom stereocenters. The summed E-state index contributed by atoms with van der Waals surface area (Å²) >= 11 is 0. The van der Waals surface area contributed by atoms with Crippen LogP contribution in [-0.2, 0) is 24.2 Å². The van der Waals surface area contributed by atoms with Gasteiger partial charge in [0, 0.05) is 6.42 Å². The van der Waals surface area contributed by atoms with Crippen LogP contribution in [0.1, 0.15) is 52.5 Å². The lowest BCUT2D eigenvalue weighted by Gasteiger charge is -2.16. The van der Waals surface area contributed by atoms with Crippen molar-refractivity contribution in [3.63, 3.8) is 0 Å². The van der Waals surface area contributed by atoms with Gasteiger partial charge in [0.2, 0.25) is 17.5 Å². The first kappa shape index (κ1) is 30.3. The number of alkyl carbamates (subject to hydrolysis) is 1. The summed E-state index contributed by atoms with van der Waals surface area (Å²) in [6, 6.07) is 23.9. The largest absolute Gasteiger partial charge is 0.497 e. The normalized spacial score (nSPS) is 11.5. The molecule has 10 nitrogen and oxygen atoms in total. The highest BCUT2D eigenvalue weighted by Gasteiger charge is 2.27. The molecule has 0 aliphatic heterocycles. The van der Waals surface area contributed by atoms with E-state index in [1.165, 1.54) is 0 Å². The second kappa shape index (κ2) is 15.9. The summed E-state index contributed by atoms with van der Waals surface area (Å²) in [7, 11) is 1.65. The van der Waals surface area contributed by atoms with Crippen LogP contribution >= 0.6 is 0 Å². The lowest BCUT2D eigenvalue weighted by Crippen LogP contribution is -2.41. The van der Waals surface area contributed by atoms with Crippen molar-refractivity contribution >= 4 is 11.9 Å². The summed E-state index contributed by atoms with van der Waals surface area (Å²) in [5.41, 5.74) is 8.53. The molecule has 220 valence electrons. The number of methoxy groups -OCH3 is 1. The van der Waals surface area contributed by atoms with Crippen LogP contribution in [0.3, 0.4) is 0 Å². The number of rotatable bonds is 16. The molecule has 3 aromatic carbocycles. The molecule has 0 spiro atoms. The van der Waals surface area contributed by atoms with Crippen LogP contribution in [0.5, 0.6) is 11.5 Å². The van der Waals surface area contributed by atoms with Gasteiger partial charge in [-0.15, -0.1) is 0 Å². The molecule has 4 rings (SSSR count). The van der Waals surface area contributed by atoms with Gasteiger partial charge >= 0.3 is 6.09 Å². The second-order valence-corrected chi connectivity index (χ2v) is 9.69. The minimum Gasteiger partial charge on any atom is -0.497 e. The Morgan fingerprint density at radius 1 is 0.905 bits per heavy atom. The zero-order valence-corrected chi connectivity index (χ0v) is 23.7. The fourth-order valence-corrected chi connectivity index (χ4v) is 4.21. The van der Waals surface area contributed by atoms with E-state index < -0.39 is 17.9 Å². The van der Waals surface area contributed by atoms with Gasteiger partial charge in [0.25, 0.3) is 0 Å². The number of benzene rings is 3. The van der Waals surface area contributed by atoms with E-state index in [1.807, 2.05) is 78.9 Å². The van der Waals surface area contributed by atoms with Crippen molar-refractivity contribution in [2.24, 2.45) is 5.73 Å². The molecule has 1 atom stereocenters. The zero-order valence-electron chi connectivity index (χ0n) is 23.7. The smallest absolute Gasteiger partial charge is 0.408 e. The highest BCUT2D eigenvalue weighted by Crippen LogP contribution is 2.17. The molecule has 1 aromatic heterocycles. The Hall–Kier alpha value is -4.70. The third-order valence-corrected chi connectivity index (χ3v) is 6.55. The summed E-state index contributed by atoms with van der Waals surface area (Å²) in [6.45, 7) is 1.12. The minimum absolute atomic E-state index is 0.0925. The van der Waals surface area contributed by atoms with Gasteiger partial charge in [-0.1, -0.05) is 59.8 Å². The first-order valence-corrected chi connectivity index (χ1v) is 13.9. The number of nitrogens with two attached hydrogens (primary N) is 1. The van der Waals surface area contributed by atoms with Crippen LogP contribution in [-0.4, -0.2) is 48.3 Å². The summed E-state index contributed by atoms with van der Waals surface area (Å²) in [5.74, 6) is 1.33. The number of carbonyl (C=O) groups excluding carboxylic acids is 2. The number of hydrogen-bond acceptors (Lipinski definition) is 9. The van der Waals surface area contributed by atoms with E-state index in [0.717, 1.165) is 34.6 Å². The van der Waals surface area contributed by atoms with Crippen molar-refractivity contribution in [2.45, 2.75) is 44.8 Å². The number of ketones is 1. The van der Waals surface area contributed by atoms with E-state index in [9.17, 15) is 9.59 Å². The van der Waals surface area contributed by atoms with Gasteiger partial charge in [0.05, 0.1) is 26.2 Å². The van der Waals surface area contributed by atoms with Crippen molar-refractivity contribution in [1.82, 2.24) is 15.5 Å². The van der Waals surface area contributed by atoms with Crippen LogP contribution in [0.15, 0.2) is 83.4 Å². The highest BCUT2D eigenvalue weighted by atomic mass is 16.5. The number of Topliss-reactive ketones (excluding diaryl/α,β-unsaturated/α-hetero) is 1. The Kier molecular flexibility index (Phi) is 11.5. The number of nitrogens with one attached hydrogen (secondary N) is 1. The van der Waals surface area contributed by atoms with Gasteiger partial charge in [0.1, 0.15) is 18.1 Å². The quantitative estimate of drug-likeness (QED) is 0.142. The Morgan fingerprint density at radius 2 is 1.62 bits per heavy atom. The number of aromatic nitrogens is 2. The van der Waals surface area contributed by atoms with Crippen molar-refractivity contribution in [1.29, 1.82) is 0 Å². The summed E-state index contributed by atoms with van der Waals surface area (Å²) in [5, 5.41) is 6.52. The summed E-state index contributed by atoms with van der Waals surface area (Å²) in [6.07, 6.45) is 2.16. The Balaban J connectivity index is 1.28. The fraction of sp³-hybridized carbons (Fsp3) is 0.312. The first-order chi connectivity index (χ1) is 20.5. The molecule has 10 heteroatoms. The van der Waals surface area contributed by atoms with E-state index in [4.69, 9.17) is 24.5 Å². The Morgan fingerprint density at radius 3 is 2.33 bits per heavy atom. The highest BCUT2D eigenvalue weighted by molar-refractivity contribution is 5.98. The predicted molar refractivity (Wildman–Crippen MR) is 157 cm³/mol. The zero-order chi connectivity index (χ0) is 29.6. The van der Waals surface area contributed by atoms with Gasteiger partial charge in [-0.25, -0.2) is 4.79 Å². The standard InChI is InChI=1S/C32H36N4O6/c1-39-26-14-10-23(11-15-26)18-20-40-27-16-12-24(13-17-27)21-29-35-31(36-42-29)30(37)28(9-5-6-19-33)34-32(38)41-22-25-7-3-2-4-8-25/h2-4,7-8,10-17,28H,5-6,9,18-22,33H2,1H3,(H,34,38). The molecule has 0 fully saturated rings. The molecule has 1 amide bonds. The lowest BCUT2D eigenvalue weighted by molar-refractivity contribution is 0.0896. The average molecular weight is 573 g/mol. The van der Waals surface area contributed by atoms with Crippen molar-refractivity contribution in [2.75, 3.05) is 20.3 Å². The van der Waals surface area contributed by atoms with E-state index in [-0.39, 0.29) is 12.4 Å². The van der Waals surface area contributed by atoms with E-state index in [1.54, 1.807) is 7.11 Å².